The van der Waals surface area contributed by atoms with Crippen molar-refractivity contribution in [3.8, 4) is 0 Å². The molecule has 8 rings (SSSR count). The zero-order valence-electron chi connectivity index (χ0n) is 21.3. The molecular formula is C29H27N5O3S. The number of carbonyl (C=O) groups is 1. The van der Waals surface area contributed by atoms with E-state index in [1.54, 1.807) is 7.11 Å². The van der Waals surface area contributed by atoms with Gasteiger partial charge in [-0.15, -0.1) is 0 Å². The Morgan fingerprint density at radius 1 is 1.13 bits per heavy atom. The van der Waals surface area contributed by atoms with Crippen molar-refractivity contribution >= 4 is 66.8 Å². The zero-order chi connectivity index (χ0) is 26.1. The third-order valence-electron chi connectivity index (χ3n) is 9.04. The molecule has 1 fully saturated rings. The summed E-state index contributed by atoms with van der Waals surface area (Å²) < 4.78 is 18.0. The Hall–Kier alpha value is -3.66. The van der Waals surface area contributed by atoms with Crippen molar-refractivity contribution in [2.75, 3.05) is 14.2 Å². The number of benzene rings is 3. The number of nitrogens with one attached hydrogen (secondary N) is 1. The van der Waals surface area contributed by atoms with E-state index < -0.39 is 5.72 Å². The molecule has 192 valence electrons. The molecular weight excluding hydrogens is 498 g/mol. The second-order valence-electron chi connectivity index (χ2n) is 10.8. The second kappa shape index (κ2) is 7.25. The number of likely N-dealkylation sites (N-methyl/N-ethyl adjacent to an activating group) is 1. The highest BCUT2D eigenvalue weighted by Gasteiger charge is 2.54. The van der Waals surface area contributed by atoms with Crippen molar-refractivity contribution in [3.05, 3.63) is 59.7 Å². The molecule has 3 N–H and O–H groups in total. The number of aromatic nitrogens is 2. The van der Waals surface area contributed by atoms with Gasteiger partial charge in [-0.05, 0) is 36.8 Å². The minimum atomic E-state index is -0.889. The number of hydrogen-bond acceptors (Lipinski definition) is 4. The van der Waals surface area contributed by atoms with Gasteiger partial charge < -0.3 is 34.6 Å². The van der Waals surface area contributed by atoms with Crippen molar-refractivity contribution in [1.82, 2.24) is 19.4 Å². The van der Waals surface area contributed by atoms with E-state index in [4.69, 9.17) is 27.4 Å². The van der Waals surface area contributed by atoms with E-state index in [1.165, 1.54) is 0 Å². The number of methoxy groups -OCH3 is 1. The number of thiocarbonyl (C=S) groups is 1. The first-order chi connectivity index (χ1) is 18.4. The van der Waals surface area contributed by atoms with Crippen LogP contribution in [0.25, 0.3) is 43.6 Å². The summed E-state index contributed by atoms with van der Waals surface area (Å²) in [7, 11) is 3.66. The first kappa shape index (κ1) is 22.3. The fraction of sp³-hybridized carbons (Fsp3) is 0.310. The van der Waals surface area contributed by atoms with Gasteiger partial charge in [0, 0.05) is 48.7 Å². The Bertz CT molecular complexity index is 1890. The van der Waals surface area contributed by atoms with Crippen LogP contribution in [-0.2, 0) is 21.7 Å². The molecule has 38 heavy (non-hydrogen) atoms. The number of para-hydroxylation sites is 2. The van der Waals surface area contributed by atoms with Crippen LogP contribution in [-0.4, -0.2) is 51.4 Å². The summed E-state index contributed by atoms with van der Waals surface area (Å²) in [5, 5.41) is 7.66. The van der Waals surface area contributed by atoms with Gasteiger partial charge >= 0.3 is 0 Å². The number of fused-ring (bicyclic) bond motifs is 13. The van der Waals surface area contributed by atoms with Crippen LogP contribution in [0.2, 0.25) is 0 Å². The van der Waals surface area contributed by atoms with E-state index in [0.29, 0.717) is 18.1 Å². The third kappa shape index (κ3) is 2.43. The lowest BCUT2D eigenvalue weighted by Gasteiger charge is -2.50. The monoisotopic (exact) mass is 525 g/mol. The second-order valence-corrected chi connectivity index (χ2v) is 11.2. The molecule has 1 amide bonds. The van der Waals surface area contributed by atoms with E-state index in [2.05, 4.69) is 57.8 Å². The van der Waals surface area contributed by atoms with Gasteiger partial charge in [0.05, 0.1) is 33.7 Å². The number of nitrogens with two attached hydrogens (primary N) is 1. The molecule has 0 unspecified atom stereocenters. The molecule has 3 aromatic carbocycles. The van der Waals surface area contributed by atoms with Crippen LogP contribution in [0.5, 0.6) is 0 Å². The molecule has 5 aromatic rings. The van der Waals surface area contributed by atoms with Gasteiger partial charge in [-0.1, -0.05) is 36.4 Å². The van der Waals surface area contributed by atoms with Crippen LogP contribution >= 0.6 is 12.2 Å². The summed E-state index contributed by atoms with van der Waals surface area (Å²) in [5.41, 5.74) is 11.3. The SMILES string of the molecule is CO[C@@H]1[C@@H](N(C)C(N)=S)C[C@@H]2O[C@]1(C)n1c3ccccc3c3c4c(c5c6ccccc6n2c5c31)C(=O)NC4. The van der Waals surface area contributed by atoms with Gasteiger partial charge in [-0.25, -0.2) is 0 Å². The molecule has 3 aliphatic heterocycles. The summed E-state index contributed by atoms with van der Waals surface area (Å²) in [6.07, 6.45) is -0.0911. The lowest BCUT2D eigenvalue weighted by Crippen LogP contribution is -2.61. The Labute approximate surface area is 223 Å². The average molecular weight is 526 g/mol. The van der Waals surface area contributed by atoms with E-state index in [-0.39, 0.29) is 24.3 Å². The molecule has 4 atom stereocenters. The largest absolute Gasteiger partial charge is 0.376 e. The van der Waals surface area contributed by atoms with E-state index >= 15 is 0 Å². The fourth-order valence-electron chi connectivity index (χ4n) is 7.56. The number of amides is 1. The Morgan fingerprint density at radius 3 is 2.53 bits per heavy atom. The normalized spacial score (nSPS) is 25.9. The van der Waals surface area contributed by atoms with Crippen LogP contribution in [0, 0.1) is 0 Å². The van der Waals surface area contributed by atoms with Crippen molar-refractivity contribution in [1.29, 1.82) is 0 Å². The van der Waals surface area contributed by atoms with Crippen molar-refractivity contribution in [3.63, 3.8) is 0 Å². The Kier molecular flexibility index (Phi) is 4.26. The summed E-state index contributed by atoms with van der Waals surface area (Å²) in [5.74, 6) is -0.0261. The molecule has 8 nitrogen and oxygen atoms in total. The number of nitrogens with zero attached hydrogens (tertiary/aromatic N) is 3. The molecule has 5 heterocycles. The maximum atomic E-state index is 13.4. The minimum absolute atomic E-state index is 0.0261. The number of carbonyl (C=O) groups excluding carboxylic acids is 1. The van der Waals surface area contributed by atoms with Gasteiger partial charge in [0.1, 0.15) is 12.3 Å². The molecule has 0 spiro atoms. The summed E-state index contributed by atoms with van der Waals surface area (Å²) in [6, 6.07) is 16.5. The number of rotatable bonds is 2. The first-order valence-electron chi connectivity index (χ1n) is 12.9. The minimum Gasteiger partial charge on any atom is -0.376 e. The quantitative estimate of drug-likeness (QED) is 0.334. The summed E-state index contributed by atoms with van der Waals surface area (Å²) in [4.78, 5) is 15.4. The van der Waals surface area contributed by atoms with Gasteiger partial charge in [-0.3, -0.25) is 4.79 Å². The molecule has 0 saturated carbocycles. The molecule has 0 radical (unpaired) electrons. The predicted molar refractivity (Wildman–Crippen MR) is 151 cm³/mol. The Morgan fingerprint density at radius 2 is 1.82 bits per heavy atom. The lowest BCUT2D eigenvalue weighted by molar-refractivity contribution is -0.263. The molecule has 1 saturated heterocycles. The van der Waals surface area contributed by atoms with Crippen LogP contribution < -0.4 is 11.1 Å². The zero-order valence-corrected chi connectivity index (χ0v) is 22.1. The highest BCUT2D eigenvalue weighted by molar-refractivity contribution is 7.80. The molecule has 2 aromatic heterocycles. The van der Waals surface area contributed by atoms with Gasteiger partial charge in [0.25, 0.3) is 5.91 Å². The predicted octanol–water partition coefficient (Wildman–Crippen LogP) is 4.31. The smallest absolute Gasteiger partial charge is 0.252 e. The lowest BCUT2D eigenvalue weighted by atomic mass is 9.92. The van der Waals surface area contributed by atoms with E-state index in [1.807, 2.05) is 24.1 Å². The molecule has 0 aliphatic carbocycles. The van der Waals surface area contributed by atoms with Crippen molar-refractivity contribution in [2.45, 2.75) is 44.0 Å². The third-order valence-corrected chi connectivity index (χ3v) is 9.33. The maximum absolute atomic E-state index is 13.4. The highest BCUT2D eigenvalue weighted by atomic mass is 32.1. The first-order valence-corrected chi connectivity index (χ1v) is 13.3. The van der Waals surface area contributed by atoms with Crippen LogP contribution in [0.4, 0.5) is 0 Å². The van der Waals surface area contributed by atoms with Crippen molar-refractivity contribution < 1.29 is 14.3 Å². The molecule has 3 aliphatic rings. The highest BCUT2D eigenvalue weighted by Crippen LogP contribution is 2.54. The number of ether oxygens (including phenoxy) is 2. The molecule has 2 bridgehead atoms. The topological polar surface area (TPSA) is 86.7 Å². The molecule has 9 heteroatoms. The van der Waals surface area contributed by atoms with Crippen LogP contribution in [0.3, 0.4) is 0 Å². The average Bonchev–Trinajstić information content (AvgIpc) is 3.55. The van der Waals surface area contributed by atoms with Crippen LogP contribution in [0.15, 0.2) is 48.5 Å². The fourth-order valence-corrected chi connectivity index (χ4v) is 7.69. The summed E-state index contributed by atoms with van der Waals surface area (Å²) >= 11 is 5.44. The van der Waals surface area contributed by atoms with Gasteiger partial charge in [-0.2, -0.15) is 0 Å². The summed E-state index contributed by atoms with van der Waals surface area (Å²) in [6.45, 7) is 2.60. The Balaban J connectivity index is 1.66. The standard InChI is InChI=1S/C29H27N5O3S/c1-29-26(36-3)19(32(2)28(30)38)12-20(37-29)33-17-10-6-4-8-14(17)22-23-16(13-31-27(23)35)21-15-9-5-7-11-18(15)34(29)25(21)24(22)33/h4-11,19-20,26H,12-13H2,1-3H3,(H2,30,38)(H,31,35)/t19-,20-,26+,29-/m0/s1. The van der Waals surface area contributed by atoms with Crippen LogP contribution in [0.1, 0.15) is 35.5 Å². The number of hydrogen-bond donors (Lipinski definition) is 2. The maximum Gasteiger partial charge on any atom is 0.252 e. The van der Waals surface area contributed by atoms with E-state index in [9.17, 15) is 4.79 Å². The van der Waals surface area contributed by atoms with E-state index in [0.717, 1.165) is 54.7 Å². The van der Waals surface area contributed by atoms with Gasteiger partial charge in [0.15, 0.2) is 10.8 Å². The van der Waals surface area contributed by atoms with Crippen molar-refractivity contribution in [2.24, 2.45) is 5.73 Å². The van der Waals surface area contributed by atoms with Gasteiger partial charge in [0.2, 0.25) is 0 Å².